The Morgan fingerprint density at radius 1 is 1.11 bits per heavy atom. The smallest absolute Gasteiger partial charge is 0.331 e. The number of carbonyl (C=O) groups is 2. The average molecular weight is 375 g/mol. The number of hydrogen-bond donors (Lipinski definition) is 1. The lowest BCUT2D eigenvalue weighted by Crippen LogP contribution is -2.53. The van der Waals surface area contributed by atoms with E-state index in [0.717, 1.165) is 25.7 Å². The Morgan fingerprint density at radius 3 is 2.44 bits per heavy atom. The van der Waals surface area contributed by atoms with Gasteiger partial charge in [0, 0.05) is 5.56 Å². The van der Waals surface area contributed by atoms with E-state index in [0.29, 0.717) is 36.5 Å². The highest BCUT2D eigenvalue weighted by atomic mass is 16.5. The van der Waals surface area contributed by atoms with E-state index in [9.17, 15) is 9.59 Å². The first kappa shape index (κ1) is 19.5. The SMILES string of the molecule is CCOC(=O)C1(NC(=O)c2ccc(OC3CCCC3)c(OC)c2)CCCC1. The Morgan fingerprint density at radius 2 is 1.81 bits per heavy atom. The number of rotatable bonds is 7. The van der Waals surface area contributed by atoms with Crippen molar-refractivity contribution in [1.82, 2.24) is 5.32 Å². The van der Waals surface area contributed by atoms with E-state index >= 15 is 0 Å². The lowest BCUT2D eigenvalue weighted by atomic mass is 9.97. The molecule has 0 aliphatic heterocycles. The largest absolute Gasteiger partial charge is 0.493 e. The quantitative estimate of drug-likeness (QED) is 0.737. The third-order valence-electron chi connectivity index (χ3n) is 5.50. The summed E-state index contributed by atoms with van der Waals surface area (Å²) in [4.78, 5) is 25.2. The second kappa shape index (κ2) is 8.63. The van der Waals surface area contributed by atoms with Crippen LogP contribution >= 0.6 is 0 Å². The van der Waals surface area contributed by atoms with Gasteiger partial charge in [0.2, 0.25) is 0 Å². The molecular weight excluding hydrogens is 346 g/mol. The van der Waals surface area contributed by atoms with E-state index in [-0.39, 0.29) is 18.0 Å². The molecule has 1 aromatic rings. The molecule has 2 saturated carbocycles. The minimum Gasteiger partial charge on any atom is -0.493 e. The van der Waals surface area contributed by atoms with Gasteiger partial charge in [-0.25, -0.2) is 4.79 Å². The van der Waals surface area contributed by atoms with Gasteiger partial charge in [-0.15, -0.1) is 0 Å². The summed E-state index contributed by atoms with van der Waals surface area (Å²) in [5.41, 5.74) is -0.472. The third kappa shape index (κ3) is 4.37. The maximum Gasteiger partial charge on any atom is 0.331 e. The summed E-state index contributed by atoms with van der Waals surface area (Å²) < 4.78 is 16.7. The van der Waals surface area contributed by atoms with Gasteiger partial charge in [0.25, 0.3) is 5.91 Å². The van der Waals surface area contributed by atoms with E-state index in [1.54, 1.807) is 32.2 Å². The van der Waals surface area contributed by atoms with Gasteiger partial charge < -0.3 is 19.5 Å². The van der Waals surface area contributed by atoms with Gasteiger partial charge in [-0.3, -0.25) is 4.79 Å². The molecule has 0 radical (unpaired) electrons. The first-order valence-corrected chi connectivity index (χ1v) is 9.92. The molecule has 1 amide bonds. The number of hydrogen-bond acceptors (Lipinski definition) is 5. The molecule has 27 heavy (non-hydrogen) atoms. The lowest BCUT2D eigenvalue weighted by Gasteiger charge is -2.28. The van der Waals surface area contributed by atoms with Crippen LogP contribution in [-0.4, -0.2) is 37.2 Å². The normalized spacial score (nSPS) is 18.9. The Hall–Kier alpha value is -2.24. The summed E-state index contributed by atoms with van der Waals surface area (Å²) in [5, 5.41) is 2.93. The lowest BCUT2D eigenvalue weighted by molar-refractivity contribution is -0.150. The Bertz CT molecular complexity index is 675. The van der Waals surface area contributed by atoms with Crippen molar-refractivity contribution in [2.45, 2.75) is 69.9 Å². The Balaban J connectivity index is 1.74. The molecule has 148 valence electrons. The molecule has 3 rings (SSSR count). The number of esters is 1. The van der Waals surface area contributed by atoms with Gasteiger partial charge in [-0.05, 0) is 63.6 Å². The standard InChI is InChI=1S/C21H29NO5/c1-3-26-20(24)21(12-6-7-13-21)22-19(23)15-10-11-17(18(14-15)25-2)27-16-8-4-5-9-16/h10-11,14,16H,3-9,12-13H2,1-2H3,(H,22,23). The summed E-state index contributed by atoms with van der Waals surface area (Å²) in [6, 6.07) is 5.17. The maximum atomic E-state index is 12.8. The van der Waals surface area contributed by atoms with Gasteiger partial charge in [-0.2, -0.15) is 0 Å². The van der Waals surface area contributed by atoms with Gasteiger partial charge >= 0.3 is 5.97 Å². The highest BCUT2D eigenvalue weighted by Crippen LogP contribution is 2.34. The zero-order valence-corrected chi connectivity index (χ0v) is 16.2. The first-order valence-electron chi connectivity index (χ1n) is 9.92. The molecular formula is C21H29NO5. The Labute approximate surface area is 160 Å². The van der Waals surface area contributed by atoms with Crippen molar-refractivity contribution >= 4 is 11.9 Å². The average Bonchev–Trinajstić information content (AvgIpc) is 3.35. The molecule has 0 bridgehead atoms. The number of nitrogens with one attached hydrogen (secondary N) is 1. The first-order chi connectivity index (χ1) is 13.1. The number of methoxy groups -OCH3 is 1. The number of amides is 1. The van der Waals surface area contributed by atoms with Gasteiger partial charge in [0.1, 0.15) is 5.54 Å². The van der Waals surface area contributed by atoms with Crippen molar-refractivity contribution in [2.24, 2.45) is 0 Å². The molecule has 0 aromatic heterocycles. The van der Waals surface area contributed by atoms with Gasteiger partial charge in [0.15, 0.2) is 11.5 Å². The van der Waals surface area contributed by atoms with Crippen molar-refractivity contribution < 1.29 is 23.8 Å². The van der Waals surface area contributed by atoms with Crippen molar-refractivity contribution in [3.05, 3.63) is 23.8 Å². The molecule has 2 fully saturated rings. The predicted octanol–water partition coefficient (Wildman–Crippen LogP) is 3.62. The minimum atomic E-state index is -0.917. The molecule has 1 aromatic carbocycles. The summed E-state index contributed by atoms with van der Waals surface area (Å²) in [5.74, 6) is 0.549. The van der Waals surface area contributed by atoms with E-state index in [1.165, 1.54) is 12.8 Å². The van der Waals surface area contributed by atoms with Crippen LogP contribution in [0.15, 0.2) is 18.2 Å². The van der Waals surface area contributed by atoms with Crippen LogP contribution in [0.3, 0.4) is 0 Å². The molecule has 2 aliphatic rings. The Kier molecular flexibility index (Phi) is 6.24. The van der Waals surface area contributed by atoms with Crippen molar-refractivity contribution in [2.75, 3.05) is 13.7 Å². The summed E-state index contributed by atoms with van der Waals surface area (Å²) in [7, 11) is 1.57. The monoisotopic (exact) mass is 375 g/mol. The van der Waals surface area contributed by atoms with Crippen LogP contribution in [0.5, 0.6) is 11.5 Å². The fourth-order valence-corrected chi connectivity index (χ4v) is 4.01. The van der Waals surface area contributed by atoms with E-state index < -0.39 is 5.54 Å². The van der Waals surface area contributed by atoms with Crippen LogP contribution in [0.25, 0.3) is 0 Å². The zero-order valence-electron chi connectivity index (χ0n) is 16.2. The van der Waals surface area contributed by atoms with Crippen molar-refractivity contribution in [3.8, 4) is 11.5 Å². The van der Waals surface area contributed by atoms with Crippen LogP contribution in [0, 0.1) is 0 Å². The number of ether oxygens (including phenoxy) is 3. The summed E-state index contributed by atoms with van der Waals surface area (Å²) in [6.45, 7) is 2.08. The topological polar surface area (TPSA) is 73.9 Å². The zero-order chi connectivity index (χ0) is 19.3. The predicted molar refractivity (Wildman–Crippen MR) is 101 cm³/mol. The summed E-state index contributed by atoms with van der Waals surface area (Å²) in [6.07, 6.45) is 7.69. The van der Waals surface area contributed by atoms with Crippen molar-refractivity contribution in [1.29, 1.82) is 0 Å². The highest BCUT2D eigenvalue weighted by molar-refractivity contribution is 5.98. The molecule has 0 spiro atoms. The van der Waals surface area contributed by atoms with Crippen LogP contribution in [0.2, 0.25) is 0 Å². The fraction of sp³-hybridized carbons (Fsp3) is 0.619. The van der Waals surface area contributed by atoms with Crippen LogP contribution in [-0.2, 0) is 9.53 Å². The molecule has 6 heteroatoms. The molecule has 0 unspecified atom stereocenters. The van der Waals surface area contributed by atoms with E-state index in [4.69, 9.17) is 14.2 Å². The molecule has 1 N–H and O–H groups in total. The molecule has 0 heterocycles. The van der Waals surface area contributed by atoms with Crippen LogP contribution in [0.1, 0.15) is 68.6 Å². The van der Waals surface area contributed by atoms with Gasteiger partial charge in [0.05, 0.1) is 19.8 Å². The molecule has 6 nitrogen and oxygen atoms in total. The van der Waals surface area contributed by atoms with E-state index in [1.807, 2.05) is 0 Å². The highest BCUT2D eigenvalue weighted by Gasteiger charge is 2.44. The van der Waals surface area contributed by atoms with Crippen LogP contribution in [0.4, 0.5) is 0 Å². The van der Waals surface area contributed by atoms with Crippen LogP contribution < -0.4 is 14.8 Å². The second-order valence-electron chi connectivity index (χ2n) is 7.35. The maximum absolute atomic E-state index is 12.8. The van der Waals surface area contributed by atoms with Gasteiger partial charge in [-0.1, -0.05) is 12.8 Å². The molecule has 0 saturated heterocycles. The number of benzene rings is 1. The number of carbonyl (C=O) groups excluding carboxylic acids is 2. The van der Waals surface area contributed by atoms with Crippen molar-refractivity contribution in [3.63, 3.8) is 0 Å². The molecule has 2 aliphatic carbocycles. The minimum absolute atomic E-state index is 0.212. The summed E-state index contributed by atoms with van der Waals surface area (Å²) >= 11 is 0. The molecule has 0 atom stereocenters. The fourth-order valence-electron chi connectivity index (χ4n) is 4.01. The second-order valence-corrected chi connectivity index (χ2v) is 7.35. The van der Waals surface area contributed by atoms with E-state index in [2.05, 4.69) is 5.32 Å². The third-order valence-corrected chi connectivity index (χ3v) is 5.50.